The van der Waals surface area contributed by atoms with Crippen LogP contribution in [-0.2, 0) is 22.3 Å². The van der Waals surface area contributed by atoms with Gasteiger partial charge in [-0.25, -0.2) is 17.7 Å². The minimum absolute atomic E-state index is 0.0345. The molecule has 160 valence electrons. The maximum Gasteiger partial charge on any atom is 0.262 e. The van der Waals surface area contributed by atoms with Gasteiger partial charge in [0.2, 0.25) is 10.0 Å². The molecule has 0 saturated heterocycles. The molecule has 3 aromatic rings. The van der Waals surface area contributed by atoms with E-state index in [0.29, 0.717) is 34.3 Å². The molecule has 0 N–H and O–H groups in total. The molecule has 6 nitrogen and oxygen atoms in total. The van der Waals surface area contributed by atoms with E-state index in [9.17, 15) is 13.2 Å². The van der Waals surface area contributed by atoms with Crippen molar-refractivity contribution in [2.24, 2.45) is 5.92 Å². The summed E-state index contributed by atoms with van der Waals surface area (Å²) in [5.41, 5.74) is 1.50. The van der Waals surface area contributed by atoms with Crippen molar-refractivity contribution < 1.29 is 8.42 Å². The van der Waals surface area contributed by atoms with Gasteiger partial charge in [0.15, 0.2) is 5.16 Å². The van der Waals surface area contributed by atoms with E-state index in [1.165, 1.54) is 30.2 Å². The Balaban J connectivity index is 1.94. The second-order valence-corrected chi connectivity index (χ2v) is 10.9. The predicted octanol–water partition coefficient (Wildman–Crippen LogP) is 3.99. The van der Waals surface area contributed by atoms with Gasteiger partial charge in [0.05, 0.1) is 15.8 Å². The average Bonchev–Trinajstić information content (AvgIpc) is 2.71. The Bertz CT molecular complexity index is 1200. The third-order valence-electron chi connectivity index (χ3n) is 4.80. The van der Waals surface area contributed by atoms with Gasteiger partial charge in [-0.3, -0.25) is 9.36 Å². The van der Waals surface area contributed by atoms with E-state index in [-0.39, 0.29) is 10.5 Å². The fourth-order valence-corrected chi connectivity index (χ4v) is 4.94. The molecule has 1 aromatic heterocycles. The number of hydrogen-bond acceptors (Lipinski definition) is 5. The number of rotatable bonds is 8. The van der Waals surface area contributed by atoms with E-state index in [1.807, 2.05) is 24.3 Å². The molecule has 0 saturated carbocycles. The lowest BCUT2D eigenvalue weighted by molar-refractivity contribution is 0.481. The molecule has 2 aromatic carbocycles. The number of para-hydroxylation sites is 1. The molecule has 0 spiro atoms. The first-order valence-corrected chi connectivity index (χ1v) is 12.3. The van der Waals surface area contributed by atoms with Crippen LogP contribution < -0.4 is 5.56 Å². The third kappa shape index (κ3) is 4.94. The monoisotopic (exact) mass is 445 g/mol. The van der Waals surface area contributed by atoms with Gasteiger partial charge in [0, 0.05) is 26.4 Å². The first-order chi connectivity index (χ1) is 14.2. The second kappa shape index (κ2) is 9.32. The van der Waals surface area contributed by atoms with Crippen LogP contribution in [0, 0.1) is 5.92 Å². The average molecular weight is 446 g/mol. The largest absolute Gasteiger partial charge is 0.287 e. The molecule has 0 unspecified atom stereocenters. The number of sulfonamides is 1. The van der Waals surface area contributed by atoms with Crippen molar-refractivity contribution in [3.05, 3.63) is 64.4 Å². The van der Waals surface area contributed by atoms with Gasteiger partial charge in [0.25, 0.3) is 5.56 Å². The molecule has 0 radical (unpaired) electrons. The van der Waals surface area contributed by atoms with Crippen LogP contribution in [0.15, 0.2) is 63.4 Å². The molecule has 8 heteroatoms. The topological polar surface area (TPSA) is 72.3 Å². The molecule has 0 fully saturated rings. The van der Waals surface area contributed by atoms with Crippen LogP contribution in [0.5, 0.6) is 0 Å². The lowest BCUT2D eigenvalue weighted by Gasteiger charge is -2.15. The van der Waals surface area contributed by atoms with Crippen LogP contribution in [0.4, 0.5) is 0 Å². The van der Waals surface area contributed by atoms with Crippen LogP contribution in [-0.4, -0.2) is 36.4 Å². The van der Waals surface area contributed by atoms with Crippen molar-refractivity contribution in [1.82, 2.24) is 13.9 Å². The molecule has 0 aliphatic heterocycles. The van der Waals surface area contributed by atoms with Gasteiger partial charge in [0.1, 0.15) is 0 Å². The summed E-state index contributed by atoms with van der Waals surface area (Å²) in [6, 6.07) is 14.3. The van der Waals surface area contributed by atoms with Gasteiger partial charge in [-0.1, -0.05) is 49.9 Å². The lowest BCUT2D eigenvalue weighted by Crippen LogP contribution is -2.24. The highest BCUT2D eigenvalue weighted by molar-refractivity contribution is 7.98. The minimum atomic E-state index is -3.49. The molecule has 30 heavy (non-hydrogen) atoms. The summed E-state index contributed by atoms with van der Waals surface area (Å²) < 4.78 is 27.8. The smallest absolute Gasteiger partial charge is 0.262 e. The summed E-state index contributed by atoms with van der Waals surface area (Å²) >= 11 is 1.45. The lowest BCUT2D eigenvalue weighted by atomic mass is 10.1. The summed E-state index contributed by atoms with van der Waals surface area (Å²) in [6.45, 7) is 4.86. The number of hydrogen-bond donors (Lipinski definition) is 0. The van der Waals surface area contributed by atoms with E-state index >= 15 is 0 Å². The van der Waals surface area contributed by atoms with Crippen molar-refractivity contribution in [3.63, 3.8) is 0 Å². The fourth-order valence-electron chi connectivity index (χ4n) is 3.00. The highest BCUT2D eigenvalue weighted by Gasteiger charge is 2.18. The zero-order chi connectivity index (χ0) is 21.9. The van der Waals surface area contributed by atoms with Crippen LogP contribution in [0.2, 0.25) is 0 Å². The fraction of sp³-hybridized carbons (Fsp3) is 0.364. The normalized spacial score (nSPS) is 12.2. The first kappa shape index (κ1) is 22.5. The molecular formula is C22H27N3O3S2. The molecule has 0 amide bonds. The summed E-state index contributed by atoms with van der Waals surface area (Å²) in [5.74, 6) is 0.984. The van der Waals surface area contributed by atoms with Gasteiger partial charge >= 0.3 is 0 Å². The molecule has 0 aliphatic carbocycles. The zero-order valence-corrected chi connectivity index (χ0v) is 19.3. The highest BCUT2D eigenvalue weighted by atomic mass is 32.2. The maximum absolute atomic E-state index is 13.1. The van der Waals surface area contributed by atoms with Crippen LogP contribution >= 0.6 is 11.8 Å². The van der Waals surface area contributed by atoms with E-state index in [4.69, 9.17) is 4.98 Å². The Kier molecular flexibility index (Phi) is 7.00. The molecule has 1 heterocycles. The molecule has 0 bridgehead atoms. The SMILES string of the molecule is CC(C)CCn1c(SCc2cccc(S(=O)(=O)N(C)C)c2)nc2ccccc2c1=O. The van der Waals surface area contributed by atoms with Crippen molar-refractivity contribution in [2.45, 2.75) is 42.6 Å². The quantitative estimate of drug-likeness (QED) is 0.387. The van der Waals surface area contributed by atoms with Crippen LogP contribution in [0.3, 0.4) is 0 Å². The Morgan fingerprint density at radius 3 is 2.53 bits per heavy atom. The number of aromatic nitrogens is 2. The van der Waals surface area contributed by atoms with E-state index in [1.54, 1.807) is 28.8 Å². The minimum Gasteiger partial charge on any atom is -0.287 e. The van der Waals surface area contributed by atoms with Gasteiger partial charge in [-0.15, -0.1) is 0 Å². The summed E-state index contributed by atoms with van der Waals surface area (Å²) in [4.78, 5) is 18.0. The predicted molar refractivity (Wildman–Crippen MR) is 122 cm³/mol. The second-order valence-electron chi connectivity index (χ2n) is 7.77. The molecule has 3 rings (SSSR count). The number of fused-ring (bicyclic) bond motifs is 1. The Hall–Kier alpha value is -2.16. The van der Waals surface area contributed by atoms with Crippen molar-refractivity contribution in [2.75, 3.05) is 14.1 Å². The van der Waals surface area contributed by atoms with E-state index in [0.717, 1.165) is 12.0 Å². The van der Waals surface area contributed by atoms with Crippen LogP contribution in [0.25, 0.3) is 10.9 Å². The van der Waals surface area contributed by atoms with Crippen molar-refractivity contribution in [3.8, 4) is 0 Å². The Labute approximate surface area is 182 Å². The van der Waals surface area contributed by atoms with Gasteiger partial charge in [-0.05, 0) is 42.2 Å². The molecule has 0 atom stereocenters. The number of benzene rings is 2. The number of thioether (sulfide) groups is 1. The Morgan fingerprint density at radius 2 is 1.83 bits per heavy atom. The first-order valence-electron chi connectivity index (χ1n) is 9.84. The Morgan fingerprint density at radius 1 is 1.10 bits per heavy atom. The summed E-state index contributed by atoms with van der Waals surface area (Å²) in [6.07, 6.45) is 0.879. The van der Waals surface area contributed by atoms with E-state index in [2.05, 4.69) is 13.8 Å². The molecular weight excluding hydrogens is 418 g/mol. The highest BCUT2D eigenvalue weighted by Crippen LogP contribution is 2.24. The summed E-state index contributed by atoms with van der Waals surface area (Å²) in [5, 5.41) is 1.27. The van der Waals surface area contributed by atoms with Crippen molar-refractivity contribution >= 4 is 32.7 Å². The number of nitrogens with zero attached hydrogens (tertiary/aromatic N) is 3. The van der Waals surface area contributed by atoms with E-state index < -0.39 is 10.0 Å². The van der Waals surface area contributed by atoms with Gasteiger partial charge in [-0.2, -0.15) is 0 Å². The van der Waals surface area contributed by atoms with Crippen LogP contribution in [0.1, 0.15) is 25.8 Å². The van der Waals surface area contributed by atoms with Crippen molar-refractivity contribution in [1.29, 1.82) is 0 Å². The summed E-state index contributed by atoms with van der Waals surface area (Å²) in [7, 11) is -0.457. The maximum atomic E-state index is 13.1. The van der Waals surface area contributed by atoms with Gasteiger partial charge < -0.3 is 0 Å². The third-order valence-corrected chi connectivity index (χ3v) is 7.66. The standard InChI is InChI=1S/C22H27N3O3S2/c1-16(2)12-13-25-21(26)19-10-5-6-11-20(19)23-22(25)29-15-17-8-7-9-18(14-17)30(27,28)24(3)4/h5-11,14,16H,12-13,15H2,1-4H3. The zero-order valence-electron chi connectivity index (χ0n) is 17.7. The molecule has 0 aliphatic rings.